The average Bonchev–Trinajstić information content (AvgIpc) is 2.99. The van der Waals surface area contributed by atoms with E-state index in [-0.39, 0.29) is 51.1 Å². The Morgan fingerprint density at radius 2 is 1.64 bits per heavy atom. The standard InChI is InChI=1S/C26H18ClF3N8O7S2/c27-23-34-24(32-13-2-1-3-16(9-13)47(41,42)43)36-25(35-23)33-14-5-7-19(17(10-14)26(28,29)30)37-38-22-18(31)6-4-12-8-15(46-45-44-40)11-20(39)21(12)22/h1-11,39-40H,31H2,(H,41,42,43)(H2,32,33,34,35,36). The Labute approximate surface area is 271 Å². The maximum absolute atomic E-state index is 14.2. The lowest BCUT2D eigenvalue weighted by molar-refractivity contribution is -0.432. The first kappa shape index (κ1) is 33.5. The van der Waals surface area contributed by atoms with Gasteiger partial charge in [-0.2, -0.15) is 36.5 Å². The molecule has 1 aromatic heterocycles. The van der Waals surface area contributed by atoms with Gasteiger partial charge in [0.15, 0.2) is 0 Å². The summed E-state index contributed by atoms with van der Waals surface area (Å²) in [6, 6.07) is 13.7. The predicted octanol–water partition coefficient (Wildman–Crippen LogP) is 7.56. The monoisotopic (exact) mass is 710 g/mol. The zero-order valence-electron chi connectivity index (χ0n) is 23.0. The minimum absolute atomic E-state index is 0.0135. The molecule has 0 saturated carbocycles. The molecule has 244 valence electrons. The molecule has 1 heterocycles. The molecule has 0 fully saturated rings. The van der Waals surface area contributed by atoms with Crippen LogP contribution in [-0.2, 0) is 25.7 Å². The van der Waals surface area contributed by atoms with Gasteiger partial charge in [-0.3, -0.25) is 4.55 Å². The number of aromatic hydroxyl groups is 1. The number of phenols is 1. The van der Waals surface area contributed by atoms with Crippen molar-refractivity contribution in [3.05, 3.63) is 77.6 Å². The smallest absolute Gasteiger partial charge is 0.418 e. The first-order valence-electron chi connectivity index (χ1n) is 12.6. The highest BCUT2D eigenvalue weighted by molar-refractivity contribution is 7.94. The SMILES string of the molecule is Nc1ccc2cc(SOOO)cc(O)c2c1N=Nc1ccc(Nc2nc(Cl)nc(Nc3cccc(S(=O)(=O)O)c3)n2)cc1C(F)(F)F. The number of anilines is 5. The summed E-state index contributed by atoms with van der Waals surface area (Å²) in [5, 5.41) is 35.6. The fraction of sp³-hybridized carbons (Fsp3) is 0.0385. The molecule has 0 unspecified atom stereocenters. The van der Waals surface area contributed by atoms with Crippen LogP contribution in [0.1, 0.15) is 5.56 Å². The van der Waals surface area contributed by atoms with Gasteiger partial charge in [-0.05, 0) is 71.6 Å². The van der Waals surface area contributed by atoms with Gasteiger partial charge >= 0.3 is 6.18 Å². The van der Waals surface area contributed by atoms with Crippen molar-refractivity contribution in [1.82, 2.24) is 15.0 Å². The Balaban J connectivity index is 1.44. The Morgan fingerprint density at radius 3 is 2.30 bits per heavy atom. The largest absolute Gasteiger partial charge is 0.507 e. The number of alkyl halides is 3. The number of phenolic OH excluding ortho intramolecular Hbond substituents is 1. The molecule has 0 saturated heterocycles. The summed E-state index contributed by atoms with van der Waals surface area (Å²) in [7, 11) is -4.50. The van der Waals surface area contributed by atoms with Crippen LogP contribution in [0.15, 0.2) is 86.7 Å². The molecule has 0 atom stereocenters. The molecule has 0 aliphatic carbocycles. The van der Waals surface area contributed by atoms with Crippen LogP contribution in [0.5, 0.6) is 5.75 Å². The van der Waals surface area contributed by atoms with Gasteiger partial charge in [-0.1, -0.05) is 17.2 Å². The third-order valence-electron chi connectivity index (χ3n) is 6.05. The van der Waals surface area contributed by atoms with E-state index in [0.29, 0.717) is 22.3 Å². The molecule has 4 aromatic carbocycles. The Bertz CT molecular complexity index is 2130. The van der Waals surface area contributed by atoms with Crippen molar-refractivity contribution in [2.24, 2.45) is 10.2 Å². The van der Waals surface area contributed by atoms with Crippen molar-refractivity contribution in [3.8, 4) is 5.75 Å². The number of nitrogens with one attached hydrogen (secondary N) is 2. The minimum Gasteiger partial charge on any atom is -0.507 e. The fourth-order valence-electron chi connectivity index (χ4n) is 4.11. The Kier molecular flexibility index (Phi) is 9.63. The summed E-state index contributed by atoms with van der Waals surface area (Å²) in [5.41, 5.74) is 4.16. The van der Waals surface area contributed by atoms with E-state index < -0.39 is 32.4 Å². The van der Waals surface area contributed by atoms with Crippen molar-refractivity contribution in [2.75, 3.05) is 16.4 Å². The number of nitrogen functional groups attached to an aromatic ring is 1. The second kappa shape index (κ2) is 13.5. The van der Waals surface area contributed by atoms with Crippen LogP contribution in [0.4, 0.5) is 53.5 Å². The van der Waals surface area contributed by atoms with Gasteiger partial charge < -0.3 is 21.5 Å². The van der Waals surface area contributed by atoms with Crippen LogP contribution in [0.3, 0.4) is 0 Å². The molecule has 0 aliphatic rings. The van der Waals surface area contributed by atoms with Crippen LogP contribution in [-0.4, -0.2) is 38.3 Å². The Morgan fingerprint density at radius 1 is 0.936 bits per heavy atom. The Hall–Kier alpha value is -4.83. The highest BCUT2D eigenvalue weighted by Crippen LogP contribution is 2.43. The van der Waals surface area contributed by atoms with Gasteiger partial charge in [0.2, 0.25) is 17.2 Å². The molecule has 7 N–H and O–H groups in total. The molecule has 5 rings (SSSR count). The summed E-state index contributed by atoms with van der Waals surface area (Å²) in [6.45, 7) is 0. The molecule has 0 aliphatic heterocycles. The molecule has 0 radical (unpaired) electrons. The van der Waals surface area contributed by atoms with Crippen molar-refractivity contribution >= 4 is 84.9 Å². The van der Waals surface area contributed by atoms with Crippen LogP contribution < -0.4 is 16.4 Å². The van der Waals surface area contributed by atoms with E-state index in [0.717, 1.165) is 24.3 Å². The number of nitrogens with zero attached hydrogens (tertiary/aromatic N) is 5. The van der Waals surface area contributed by atoms with E-state index in [1.165, 1.54) is 42.5 Å². The third-order valence-corrected chi connectivity index (χ3v) is 7.62. The summed E-state index contributed by atoms with van der Waals surface area (Å²) in [4.78, 5) is 11.7. The van der Waals surface area contributed by atoms with Gasteiger partial charge in [0.1, 0.15) is 11.4 Å². The summed E-state index contributed by atoms with van der Waals surface area (Å²) in [5.74, 6) is -0.815. The van der Waals surface area contributed by atoms with Gasteiger partial charge in [0.25, 0.3) is 10.1 Å². The summed E-state index contributed by atoms with van der Waals surface area (Å²) in [6.07, 6.45) is -4.90. The summed E-state index contributed by atoms with van der Waals surface area (Å²) >= 11 is 6.55. The number of nitrogens with two attached hydrogens (primary N) is 1. The zero-order valence-corrected chi connectivity index (χ0v) is 25.4. The molecule has 5 aromatic rings. The average molecular weight is 711 g/mol. The number of fused-ring (bicyclic) bond motifs is 1. The minimum atomic E-state index is -4.90. The number of rotatable bonds is 10. The number of hydrogen-bond acceptors (Lipinski definition) is 15. The van der Waals surface area contributed by atoms with E-state index >= 15 is 0 Å². The highest BCUT2D eigenvalue weighted by atomic mass is 35.5. The molecule has 21 heteroatoms. The second-order valence-corrected chi connectivity index (χ2v) is 11.7. The molecule has 0 bridgehead atoms. The first-order chi connectivity index (χ1) is 22.2. The maximum atomic E-state index is 14.2. The molecule has 0 spiro atoms. The molecule has 47 heavy (non-hydrogen) atoms. The predicted molar refractivity (Wildman–Crippen MR) is 164 cm³/mol. The van der Waals surface area contributed by atoms with Crippen molar-refractivity contribution in [1.29, 1.82) is 0 Å². The third kappa shape index (κ3) is 8.13. The van der Waals surface area contributed by atoms with Crippen LogP contribution >= 0.6 is 23.6 Å². The highest BCUT2D eigenvalue weighted by Gasteiger charge is 2.34. The number of hydrogen-bond donors (Lipinski definition) is 6. The van der Waals surface area contributed by atoms with E-state index in [1.807, 2.05) is 0 Å². The number of azo groups is 1. The summed E-state index contributed by atoms with van der Waals surface area (Å²) < 4.78 is 79.0. The normalized spacial score (nSPS) is 12.1. The zero-order chi connectivity index (χ0) is 33.9. The van der Waals surface area contributed by atoms with Gasteiger partial charge in [-0.25, -0.2) is 5.26 Å². The van der Waals surface area contributed by atoms with Crippen LogP contribution in [0.2, 0.25) is 5.28 Å². The number of benzene rings is 4. The number of aromatic nitrogens is 3. The molecule has 0 amide bonds. The van der Waals surface area contributed by atoms with Gasteiger partial charge in [0.05, 0.1) is 39.3 Å². The lowest BCUT2D eigenvalue weighted by Gasteiger charge is -2.13. The molecule has 15 nitrogen and oxygen atoms in total. The lowest BCUT2D eigenvalue weighted by atomic mass is 10.1. The van der Waals surface area contributed by atoms with Gasteiger partial charge in [0, 0.05) is 16.3 Å². The second-order valence-electron chi connectivity index (χ2n) is 9.20. The van der Waals surface area contributed by atoms with E-state index in [4.69, 9.17) is 22.6 Å². The molecular weight excluding hydrogens is 693 g/mol. The van der Waals surface area contributed by atoms with Crippen LogP contribution in [0.25, 0.3) is 10.8 Å². The van der Waals surface area contributed by atoms with E-state index in [1.54, 1.807) is 0 Å². The van der Waals surface area contributed by atoms with Crippen molar-refractivity contribution < 1.29 is 45.9 Å². The number of halogens is 4. The quantitative estimate of drug-likeness (QED) is 0.0205. The maximum Gasteiger partial charge on any atom is 0.418 e. The fourth-order valence-corrected chi connectivity index (χ4v) is 5.24. The molecular formula is C26H18ClF3N8O7S2. The van der Waals surface area contributed by atoms with Crippen molar-refractivity contribution in [2.45, 2.75) is 16.0 Å². The van der Waals surface area contributed by atoms with Gasteiger partial charge in [-0.15, -0.1) is 14.6 Å². The van der Waals surface area contributed by atoms with E-state index in [2.05, 4.69) is 45.2 Å². The van der Waals surface area contributed by atoms with Crippen molar-refractivity contribution in [3.63, 3.8) is 0 Å². The van der Waals surface area contributed by atoms with E-state index in [9.17, 15) is 31.2 Å². The van der Waals surface area contributed by atoms with Crippen LogP contribution in [0, 0.1) is 0 Å². The topological polar surface area (TPSA) is 227 Å². The first-order valence-corrected chi connectivity index (χ1v) is 15.1. The lowest BCUT2D eigenvalue weighted by Crippen LogP contribution is -2.07.